The molecule has 0 aliphatic rings. The molecule has 3 rings (SSSR count). The quantitative estimate of drug-likeness (QED) is 0.541. The lowest BCUT2D eigenvalue weighted by atomic mass is 10.1. The van der Waals surface area contributed by atoms with E-state index in [1.165, 1.54) is 15.6 Å². The molecule has 0 amide bonds. The molecule has 3 N–H and O–H groups in total. The van der Waals surface area contributed by atoms with Crippen LogP contribution in [0.1, 0.15) is 5.56 Å². The predicted molar refractivity (Wildman–Crippen MR) is 86.3 cm³/mol. The average Bonchev–Trinajstić information content (AvgIpc) is 2.89. The van der Waals surface area contributed by atoms with Crippen molar-refractivity contribution in [2.45, 2.75) is 6.54 Å². The fraction of sp³-hybridized carbons (Fsp3) is 0.0625. The molecule has 0 fully saturated rings. The Kier molecular flexibility index (Phi) is 3.28. The zero-order valence-corrected chi connectivity index (χ0v) is 11.6. The number of nitrogens with one attached hydrogen (secondary N) is 1. The molecule has 4 heteroatoms. The number of rotatable bonds is 3. The van der Waals surface area contributed by atoms with E-state index in [1.54, 1.807) is 23.5 Å². The van der Waals surface area contributed by atoms with Gasteiger partial charge in [-0.05, 0) is 34.5 Å². The van der Waals surface area contributed by atoms with Gasteiger partial charge in [-0.1, -0.05) is 24.3 Å². The highest BCUT2D eigenvalue weighted by Crippen LogP contribution is 2.28. The van der Waals surface area contributed by atoms with E-state index in [0.29, 0.717) is 11.4 Å². The minimum absolute atomic E-state index is 0.564. The number of benzene rings is 2. The van der Waals surface area contributed by atoms with Crippen LogP contribution < -0.4 is 11.1 Å². The summed E-state index contributed by atoms with van der Waals surface area (Å²) in [6, 6.07) is 13.7. The number of fused-ring (bicyclic) bond motifs is 1. The van der Waals surface area contributed by atoms with Gasteiger partial charge in [-0.2, -0.15) is 0 Å². The maximum absolute atomic E-state index is 6.97. The van der Waals surface area contributed by atoms with E-state index < -0.39 is 0 Å². The van der Waals surface area contributed by atoms with Gasteiger partial charge in [0.1, 0.15) is 0 Å². The van der Waals surface area contributed by atoms with E-state index in [2.05, 4.69) is 39.8 Å². The molecule has 2 aromatic carbocycles. The van der Waals surface area contributed by atoms with Gasteiger partial charge in [0.2, 0.25) is 0 Å². The second-order valence-electron chi connectivity index (χ2n) is 4.49. The lowest BCUT2D eigenvalue weighted by Crippen LogP contribution is -2.01. The van der Waals surface area contributed by atoms with Crippen molar-refractivity contribution in [2.75, 3.05) is 11.1 Å². The third kappa shape index (κ3) is 2.31. The van der Waals surface area contributed by atoms with Gasteiger partial charge in [0, 0.05) is 16.9 Å². The molecule has 3 nitrogen and oxygen atoms in total. The molecule has 3 aromatic rings. The number of nitrogens with two attached hydrogens (primary N) is 1. The molecule has 20 heavy (non-hydrogen) atoms. The van der Waals surface area contributed by atoms with Gasteiger partial charge >= 0.3 is 0 Å². The van der Waals surface area contributed by atoms with Crippen LogP contribution in [0.3, 0.4) is 0 Å². The van der Waals surface area contributed by atoms with Crippen LogP contribution in [0, 0.1) is 6.57 Å². The topological polar surface area (TPSA) is 42.4 Å². The van der Waals surface area contributed by atoms with E-state index in [-0.39, 0.29) is 0 Å². The zero-order chi connectivity index (χ0) is 13.9. The van der Waals surface area contributed by atoms with Gasteiger partial charge in [-0.25, -0.2) is 4.85 Å². The summed E-state index contributed by atoms with van der Waals surface area (Å²) in [5, 5.41) is 6.78. The molecule has 0 aliphatic heterocycles. The van der Waals surface area contributed by atoms with Gasteiger partial charge in [-0.3, -0.25) is 0 Å². The SMILES string of the molecule is [C-]#[N+]c1ccc(NCc2csc3ccccc23)c(N)c1. The van der Waals surface area contributed by atoms with Crippen LogP contribution in [-0.4, -0.2) is 0 Å². The third-order valence-corrected chi connectivity index (χ3v) is 4.21. The molecule has 0 saturated carbocycles. The molecule has 0 aliphatic carbocycles. The summed E-state index contributed by atoms with van der Waals surface area (Å²) in [5.41, 5.74) is 9.25. The summed E-state index contributed by atoms with van der Waals surface area (Å²) in [6.07, 6.45) is 0. The Bertz CT molecular complexity index is 799. The summed E-state index contributed by atoms with van der Waals surface area (Å²) in [6.45, 7) is 7.69. The average molecular weight is 279 g/mol. The number of nitrogens with zero attached hydrogens (tertiary/aromatic N) is 1. The van der Waals surface area contributed by atoms with E-state index in [0.717, 1.165) is 12.2 Å². The Morgan fingerprint density at radius 2 is 2.05 bits per heavy atom. The molecule has 98 valence electrons. The smallest absolute Gasteiger partial charge is 0.189 e. The summed E-state index contributed by atoms with van der Waals surface area (Å²) >= 11 is 1.75. The summed E-state index contributed by atoms with van der Waals surface area (Å²) in [4.78, 5) is 3.37. The molecule has 0 bridgehead atoms. The van der Waals surface area contributed by atoms with Crippen molar-refractivity contribution in [3.05, 3.63) is 64.8 Å². The van der Waals surface area contributed by atoms with Crippen LogP contribution in [0.2, 0.25) is 0 Å². The number of hydrogen-bond donors (Lipinski definition) is 2. The summed E-state index contributed by atoms with van der Waals surface area (Å²) < 4.78 is 1.29. The monoisotopic (exact) mass is 279 g/mol. The third-order valence-electron chi connectivity index (χ3n) is 3.19. The predicted octanol–water partition coefficient (Wildman–Crippen LogP) is 4.65. The van der Waals surface area contributed by atoms with Crippen LogP contribution >= 0.6 is 11.3 Å². The summed E-state index contributed by atoms with van der Waals surface area (Å²) in [7, 11) is 0. The van der Waals surface area contributed by atoms with Gasteiger partial charge < -0.3 is 11.1 Å². The second-order valence-corrected chi connectivity index (χ2v) is 5.41. The minimum Gasteiger partial charge on any atom is -0.398 e. The van der Waals surface area contributed by atoms with Gasteiger partial charge in [-0.15, -0.1) is 11.3 Å². The van der Waals surface area contributed by atoms with Crippen molar-refractivity contribution in [1.29, 1.82) is 0 Å². The fourth-order valence-electron chi connectivity index (χ4n) is 2.14. The largest absolute Gasteiger partial charge is 0.398 e. The van der Waals surface area contributed by atoms with Crippen LogP contribution in [0.5, 0.6) is 0 Å². The van der Waals surface area contributed by atoms with Crippen molar-refractivity contribution >= 4 is 38.5 Å². The van der Waals surface area contributed by atoms with Gasteiger partial charge in [0.05, 0.1) is 12.3 Å². The first-order valence-corrected chi connectivity index (χ1v) is 7.12. The highest BCUT2D eigenvalue weighted by atomic mass is 32.1. The normalized spacial score (nSPS) is 10.3. The van der Waals surface area contributed by atoms with E-state index in [1.807, 2.05) is 6.07 Å². The Labute approximate surface area is 121 Å². The standard InChI is InChI=1S/C16H13N3S/c1-18-12-6-7-15(14(17)8-12)19-9-11-10-20-16-5-3-2-4-13(11)16/h2-8,10,19H,9,17H2. The molecule has 1 heterocycles. The van der Waals surface area contributed by atoms with E-state index in [9.17, 15) is 0 Å². The minimum atomic E-state index is 0.564. The van der Waals surface area contributed by atoms with Crippen LogP contribution in [0.25, 0.3) is 14.9 Å². The zero-order valence-electron chi connectivity index (χ0n) is 10.8. The first-order chi connectivity index (χ1) is 9.78. The van der Waals surface area contributed by atoms with Crippen LogP contribution in [0.15, 0.2) is 47.8 Å². The summed E-state index contributed by atoms with van der Waals surface area (Å²) in [5.74, 6) is 0. The molecular weight excluding hydrogens is 266 g/mol. The highest BCUT2D eigenvalue weighted by Gasteiger charge is 2.05. The molecular formula is C16H13N3S. The van der Waals surface area contributed by atoms with Crippen LogP contribution in [-0.2, 0) is 6.54 Å². The lowest BCUT2D eigenvalue weighted by Gasteiger charge is -2.09. The van der Waals surface area contributed by atoms with Crippen molar-refractivity contribution in [2.24, 2.45) is 0 Å². The van der Waals surface area contributed by atoms with Crippen molar-refractivity contribution in [3.63, 3.8) is 0 Å². The number of nitrogen functional groups attached to an aromatic ring is 1. The van der Waals surface area contributed by atoms with Crippen molar-refractivity contribution < 1.29 is 0 Å². The lowest BCUT2D eigenvalue weighted by molar-refractivity contribution is 1.18. The first kappa shape index (κ1) is 12.5. The Morgan fingerprint density at radius 3 is 2.85 bits per heavy atom. The van der Waals surface area contributed by atoms with E-state index >= 15 is 0 Å². The molecule has 0 atom stereocenters. The molecule has 0 unspecified atom stereocenters. The van der Waals surface area contributed by atoms with E-state index in [4.69, 9.17) is 12.3 Å². The van der Waals surface area contributed by atoms with Crippen molar-refractivity contribution in [3.8, 4) is 0 Å². The second kappa shape index (κ2) is 5.24. The fourth-order valence-corrected chi connectivity index (χ4v) is 3.10. The first-order valence-electron chi connectivity index (χ1n) is 6.24. The van der Waals surface area contributed by atoms with Crippen molar-refractivity contribution in [1.82, 2.24) is 0 Å². The maximum Gasteiger partial charge on any atom is 0.189 e. The Hall–Kier alpha value is -2.51. The molecule has 0 saturated heterocycles. The number of hydrogen-bond acceptors (Lipinski definition) is 3. The molecule has 1 aromatic heterocycles. The number of thiophene rings is 1. The number of anilines is 2. The van der Waals surface area contributed by atoms with Gasteiger partial charge in [0.15, 0.2) is 5.69 Å². The maximum atomic E-state index is 6.97. The highest BCUT2D eigenvalue weighted by molar-refractivity contribution is 7.17. The molecule has 0 spiro atoms. The van der Waals surface area contributed by atoms with Crippen LogP contribution in [0.4, 0.5) is 17.1 Å². The Morgan fingerprint density at radius 1 is 1.20 bits per heavy atom. The molecule has 0 radical (unpaired) electrons. The Balaban J connectivity index is 1.81. The van der Waals surface area contributed by atoms with Gasteiger partial charge in [0.25, 0.3) is 0 Å².